The SMILES string of the molecule is CC(=O)Oc1oc2cc(O)cc(OC(C)=O)c2c(=O)c1-c1ccc(O)cc1. The Bertz CT molecular complexity index is 1110. The third-order valence-corrected chi connectivity index (χ3v) is 3.56. The zero-order chi connectivity index (χ0) is 19.7. The standard InChI is InChI=1S/C19H14O8/c1-9(20)25-14-7-13(23)8-15-17(14)18(24)16(19(27-15)26-10(2)21)11-3-5-12(22)6-4-11/h3-8,22-23H,1-2H3. The number of hydrogen-bond donors (Lipinski definition) is 2. The highest BCUT2D eigenvalue weighted by Crippen LogP contribution is 2.36. The number of esters is 2. The molecule has 2 N–H and O–H groups in total. The first-order chi connectivity index (χ1) is 12.8. The lowest BCUT2D eigenvalue weighted by molar-refractivity contribution is -0.133. The van der Waals surface area contributed by atoms with E-state index in [-0.39, 0.29) is 39.7 Å². The van der Waals surface area contributed by atoms with E-state index in [1.807, 2.05) is 0 Å². The molecule has 8 heteroatoms. The second-order valence-corrected chi connectivity index (χ2v) is 5.64. The molecule has 0 saturated carbocycles. The summed E-state index contributed by atoms with van der Waals surface area (Å²) in [6.45, 7) is 2.28. The molecular weight excluding hydrogens is 356 g/mol. The minimum Gasteiger partial charge on any atom is -0.508 e. The fraction of sp³-hybridized carbons (Fsp3) is 0.105. The predicted octanol–water partition coefficient (Wildman–Crippen LogP) is 2.72. The molecular formula is C19H14O8. The molecule has 0 aliphatic heterocycles. The van der Waals surface area contributed by atoms with E-state index in [0.717, 1.165) is 26.0 Å². The van der Waals surface area contributed by atoms with Gasteiger partial charge < -0.3 is 24.1 Å². The van der Waals surface area contributed by atoms with E-state index >= 15 is 0 Å². The average molecular weight is 370 g/mol. The average Bonchev–Trinajstić information content (AvgIpc) is 2.54. The number of ether oxygens (including phenoxy) is 2. The maximum absolute atomic E-state index is 13.1. The molecule has 0 fully saturated rings. The molecule has 0 aliphatic carbocycles. The molecule has 1 heterocycles. The van der Waals surface area contributed by atoms with Crippen molar-refractivity contribution in [3.63, 3.8) is 0 Å². The molecule has 2 aromatic carbocycles. The maximum Gasteiger partial charge on any atom is 0.310 e. The molecule has 0 spiro atoms. The van der Waals surface area contributed by atoms with Crippen LogP contribution in [0, 0.1) is 0 Å². The quantitative estimate of drug-likeness (QED) is 0.533. The summed E-state index contributed by atoms with van der Waals surface area (Å²) in [6.07, 6.45) is 0. The largest absolute Gasteiger partial charge is 0.508 e. The summed E-state index contributed by atoms with van der Waals surface area (Å²) in [6, 6.07) is 7.81. The molecule has 138 valence electrons. The molecule has 3 aromatic rings. The van der Waals surface area contributed by atoms with Gasteiger partial charge >= 0.3 is 17.9 Å². The summed E-state index contributed by atoms with van der Waals surface area (Å²) in [4.78, 5) is 35.9. The summed E-state index contributed by atoms with van der Waals surface area (Å²) in [5.41, 5.74) is -0.567. The van der Waals surface area contributed by atoms with Crippen molar-refractivity contribution in [2.24, 2.45) is 0 Å². The number of carbonyl (C=O) groups is 2. The van der Waals surface area contributed by atoms with Crippen LogP contribution in [0.25, 0.3) is 22.1 Å². The number of benzene rings is 2. The number of carbonyl (C=O) groups excluding carboxylic acids is 2. The second kappa shape index (κ2) is 6.83. The van der Waals surface area contributed by atoms with Crippen LogP contribution >= 0.6 is 0 Å². The predicted molar refractivity (Wildman–Crippen MR) is 93.9 cm³/mol. The molecule has 8 nitrogen and oxygen atoms in total. The van der Waals surface area contributed by atoms with Crippen molar-refractivity contribution >= 4 is 22.9 Å². The van der Waals surface area contributed by atoms with Crippen molar-refractivity contribution in [1.29, 1.82) is 0 Å². The van der Waals surface area contributed by atoms with Crippen LogP contribution in [-0.2, 0) is 9.59 Å². The first-order valence-corrected chi connectivity index (χ1v) is 7.76. The summed E-state index contributed by atoms with van der Waals surface area (Å²) in [5.74, 6) is -2.34. The van der Waals surface area contributed by atoms with Gasteiger partial charge in [-0.2, -0.15) is 0 Å². The van der Waals surface area contributed by atoms with Gasteiger partial charge in [-0.15, -0.1) is 0 Å². The third kappa shape index (κ3) is 3.59. The van der Waals surface area contributed by atoms with Crippen molar-refractivity contribution in [2.75, 3.05) is 0 Å². The number of aromatic hydroxyl groups is 2. The zero-order valence-corrected chi connectivity index (χ0v) is 14.3. The highest BCUT2D eigenvalue weighted by Gasteiger charge is 2.23. The van der Waals surface area contributed by atoms with Gasteiger partial charge in [-0.3, -0.25) is 14.4 Å². The molecule has 0 radical (unpaired) electrons. The Balaban J connectivity index is 2.40. The van der Waals surface area contributed by atoms with Crippen LogP contribution in [0.1, 0.15) is 13.8 Å². The molecule has 0 atom stereocenters. The Morgan fingerprint density at radius 2 is 1.56 bits per heavy atom. The lowest BCUT2D eigenvalue weighted by Crippen LogP contribution is -2.13. The molecule has 1 aromatic heterocycles. The Kier molecular flexibility index (Phi) is 4.55. The van der Waals surface area contributed by atoms with E-state index < -0.39 is 17.4 Å². The Morgan fingerprint density at radius 3 is 2.15 bits per heavy atom. The van der Waals surface area contributed by atoms with Gasteiger partial charge in [0, 0.05) is 26.0 Å². The highest BCUT2D eigenvalue weighted by molar-refractivity contribution is 5.92. The molecule has 0 saturated heterocycles. The monoisotopic (exact) mass is 370 g/mol. The van der Waals surface area contributed by atoms with Crippen LogP contribution in [0.3, 0.4) is 0 Å². The van der Waals surface area contributed by atoms with Gasteiger partial charge in [0.15, 0.2) is 0 Å². The van der Waals surface area contributed by atoms with Crippen LogP contribution in [0.15, 0.2) is 45.6 Å². The number of rotatable bonds is 3. The minimum atomic E-state index is -0.724. The van der Waals surface area contributed by atoms with Crippen molar-refractivity contribution in [3.05, 3.63) is 46.6 Å². The fourth-order valence-corrected chi connectivity index (χ4v) is 2.56. The molecule has 3 rings (SSSR count). The van der Waals surface area contributed by atoms with Crippen LogP contribution in [0.5, 0.6) is 23.2 Å². The highest BCUT2D eigenvalue weighted by atomic mass is 16.6. The molecule has 0 aliphatic rings. The van der Waals surface area contributed by atoms with Crippen LogP contribution in [-0.4, -0.2) is 22.2 Å². The Hall–Kier alpha value is -3.81. The zero-order valence-electron chi connectivity index (χ0n) is 14.3. The Labute approximate surface area is 152 Å². The van der Waals surface area contributed by atoms with E-state index in [1.165, 1.54) is 24.3 Å². The molecule has 0 amide bonds. The van der Waals surface area contributed by atoms with E-state index in [4.69, 9.17) is 13.9 Å². The molecule has 27 heavy (non-hydrogen) atoms. The topological polar surface area (TPSA) is 123 Å². The van der Waals surface area contributed by atoms with Crippen LogP contribution in [0.2, 0.25) is 0 Å². The van der Waals surface area contributed by atoms with E-state index in [1.54, 1.807) is 0 Å². The fourth-order valence-electron chi connectivity index (χ4n) is 2.56. The van der Waals surface area contributed by atoms with Crippen LogP contribution in [0.4, 0.5) is 0 Å². The van der Waals surface area contributed by atoms with Crippen molar-refractivity contribution in [1.82, 2.24) is 0 Å². The number of phenolic OH excluding ortho intramolecular Hbond substituents is 2. The van der Waals surface area contributed by atoms with Gasteiger partial charge in [-0.25, -0.2) is 0 Å². The molecule has 0 unspecified atom stereocenters. The van der Waals surface area contributed by atoms with Crippen molar-refractivity contribution in [3.8, 4) is 34.3 Å². The maximum atomic E-state index is 13.1. The van der Waals surface area contributed by atoms with Gasteiger partial charge in [-0.05, 0) is 17.7 Å². The number of hydrogen-bond acceptors (Lipinski definition) is 8. The van der Waals surface area contributed by atoms with Crippen LogP contribution < -0.4 is 14.9 Å². The number of phenols is 2. The number of fused-ring (bicyclic) bond motifs is 1. The second-order valence-electron chi connectivity index (χ2n) is 5.64. The third-order valence-electron chi connectivity index (χ3n) is 3.56. The summed E-state index contributed by atoms with van der Waals surface area (Å²) < 4.78 is 15.6. The smallest absolute Gasteiger partial charge is 0.310 e. The first-order valence-electron chi connectivity index (χ1n) is 7.76. The molecule has 0 bridgehead atoms. The summed E-state index contributed by atoms with van der Waals surface area (Å²) in [5, 5.41) is 19.2. The first kappa shape index (κ1) is 18.0. The lowest BCUT2D eigenvalue weighted by atomic mass is 10.0. The van der Waals surface area contributed by atoms with Gasteiger partial charge in [0.05, 0.1) is 0 Å². The van der Waals surface area contributed by atoms with Gasteiger partial charge in [0.25, 0.3) is 0 Å². The van der Waals surface area contributed by atoms with Crippen molar-refractivity contribution in [2.45, 2.75) is 13.8 Å². The minimum absolute atomic E-state index is 0.0245. The van der Waals surface area contributed by atoms with Crippen molar-refractivity contribution < 1.29 is 33.7 Å². The van der Waals surface area contributed by atoms with Gasteiger partial charge in [0.1, 0.15) is 33.8 Å². The van der Waals surface area contributed by atoms with E-state index in [9.17, 15) is 24.6 Å². The summed E-state index contributed by atoms with van der Waals surface area (Å²) >= 11 is 0. The Morgan fingerprint density at radius 1 is 0.926 bits per heavy atom. The normalized spacial score (nSPS) is 10.6. The van der Waals surface area contributed by atoms with E-state index in [2.05, 4.69) is 0 Å². The van der Waals surface area contributed by atoms with E-state index in [0.29, 0.717) is 5.56 Å². The lowest BCUT2D eigenvalue weighted by Gasteiger charge is -2.12. The summed E-state index contributed by atoms with van der Waals surface area (Å²) in [7, 11) is 0. The van der Waals surface area contributed by atoms with Gasteiger partial charge in [-0.1, -0.05) is 12.1 Å². The van der Waals surface area contributed by atoms with Gasteiger partial charge in [0.2, 0.25) is 5.43 Å².